The second kappa shape index (κ2) is 5.99. The van der Waals surface area contributed by atoms with Gasteiger partial charge in [0.15, 0.2) is 0 Å². The number of benzene rings is 1. The Bertz CT molecular complexity index is 631. The largest absolute Gasteiger partial charge is 0.463 e. The van der Waals surface area contributed by atoms with E-state index in [1.54, 1.807) is 25.1 Å². The maximum absolute atomic E-state index is 12.7. The summed E-state index contributed by atoms with van der Waals surface area (Å²) >= 11 is 6.11. The predicted molar refractivity (Wildman–Crippen MR) is 82.6 cm³/mol. The van der Waals surface area contributed by atoms with Crippen molar-refractivity contribution in [1.82, 2.24) is 0 Å². The van der Waals surface area contributed by atoms with E-state index in [2.05, 4.69) is 11.9 Å². The van der Waals surface area contributed by atoms with Crippen molar-refractivity contribution in [1.29, 1.82) is 0 Å². The molecule has 0 N–H and O–H groups in total. The molecule has 0 bridgehead atoms. The van der Waals surface area contributed by atoms with Crippen molar-refractivity contribution < 1.29 is 19.0 Å². The van der Waals surface area contributed by atoms with E-state index in [1.807, 2.05) is 0 Å². The average molecular weight is 324 g/mol. The van der Waals surface area contributed by atoms with Gasteiger partial charge in [-0.15, -0.1) is 0 Å². The number of carbonyl (C=O) groups excluding carboxylic acids is 1. The van der Waals surface area contributed by atoms with Gasteiger partial charge in [0.2, 0.25) is 5.60 Å². The van der Waals surface area contributed by atoms with E-state index in [0.29, 0.717) is 16.3 Å². The normalized spacial score (nSPS) is 26.1. The number of halogens is 1. The predicted octanol–water partition coefficient (Wildman–Crippen LogP) is 3.36. The number of rotatable bonds is 4. The zero-order valence-corrected chi connectivity index (χ0v) is 13.4. The Morgan fingerprint density at radius 3 is 3.05 bits per heavy atom. The van der Waals surface area contributed by atoms with Crippen LogP contribution in [0.3, 0.4) is 0 Å². The lowest BCUT2D eigenvalue weighted by Crippen LogP contribution is -2.51. The fourth-order valence-electron chi connectivity index (χ4n) is 3.01. The molecule has 5 nitrogen and oxygen atoms in total. The monoisotopic (exact) mass is 323 g/mol. The Morgan fingerprint density at radius 2 is 2.32 bits per heavy atom. The summed E-state index contributed by atoms with van der Waals surface area (Å²) in [6.07, 6.45) is 1.08. The minimum Gasteiger partial charge on any atom is -0.463 e. The van der Waals surface area contributed by atoms with Crippen LogP contribution in [0.25, 0.3) is 0 Å². The van der Waals surface area contributed by atoms with Gasteiger partial charge >= 0.3 is 5.97 Å². The van der Waals surface area contributed by atoms with Crippen molar-refractivity contribution in [2.24, 2.45) is 4.99 Å². The number of esters is 1. The quantitative estimate of drug-likeness (QED) is 0.797. The van der Waals surface area contributed by atoms with Crippen molar-refractivity contribution in [3.63, 3.8) is 0 Å². The lowest BCUT2D eigenvalue weighted by atomic mass is 9.81. The Balaban J connectivity index is 2.19. The van der Waals surface area contributed by atoms with Crippen LogP contribution in [-0.2, 0) is 24.6 Å². The molecule has 0 aliphatic carbocycles. The number of nitrogens with zero attached hydrogens (tertiary/aromatic N) is 1. The first kappa shape index (κ1) is 15.5. The zero-order valence-electron chi connectivity index (χ0n) is 12.6. The number of hydrogen-bond donors (Lipinski definition) is 0. The van der Waals surface area contributed by atoms with Crippen molar-refractivity contribution in [3.05, 3.63) is 28.8 Å². The highest BCUT2D eigenvalue weighted by Gasteiger charge is 2.59. The summed E-state index contributed by atoms with van der Waals surface area (Å²) in [5.74, 6) is -0.454. The van der Waals surface area contributed by atoms with Crippen LogP contribution in [0.1, 0.15) is 32.3 Å². The van der Waals surface area contributed by atoms with Crippen molar-refractivity contribution in [3.8, 4) is 0 Å². The molecule has 1 aromatic rings. The third kappa shape index (κ3) is 2.24. The average Bonchev–Trinajstić information content (AvgIpc) is 2.95. The maximum Gasteiger partial charge on any atom is 0.346 e. The molecule has 0 amide bonds. The summed E-state index contributed by atoms with van der Waals surface area (Å²) in [4.78, 5) is 17.4. The molecular weight excluding hydrogens is 306 g/mol. The molecule has 0 saturated carbocycles. The molecule has 2 atom stereocenters. The number of ether oxygens (including phenoxy) is 3. The molecule has 0 aromatic heterocycles. The van der Waals surface area contributed by atoms with E-state index in [0.717, 1.165) is 18.6 Å². The number of fused-ring (bicyclic) bond motifs is 3. The zero-order chi connectivity index (χ0) is 15.7. The van der Waals surface area contributed by atoms with E-state index in [-0.39, 0.29) is 13.4 Å². The molecule has 6 heteroatoms. The molecule has 1 saturated heterocycles. The number of carbonyl (C=O) groups is 1. The van der Waals surface area contributed by atoms with Gasteiger partial charge < -0.3 is 14.2 Å². The van der Waals surface area contributed by atoms with Crippen LogP contribution in [0.5, 0.6) is 0 Å². The highest BCUT2D eigenvalue weighted by atomic mass is 35.5. The molecule has 22 heavy (non-hydrogen) atoms. The summed E-state index contributed by atoms with van der Waals surface area (Å²) in [7, 11) is 0. The first-order valence-electron chi connectivity index (χ1n) is 7.43. The smallest absolute Gasteiger partial charge is 0.346 e. The SMILES string of the molecule is CCCC1=Nc2ccc(Cl)cc2C2(C(=O)OCC)OCOC12. The van der Waals surface area contributed by atoms with Crippen LogP contribution in [-0.4, -0.2) is 31.2 Å². The maximum atomic E-state index is 12.7. The first-order chi connectivity index (χ1) is 10.6. The first-order valence-corrected chi connectivity index (χ1v) is 7.81. The van der Waals surface area contributed by atoms with E-state index in [9.17, 15) is 4.79 Å². The van der Waals surface area contributed by atoms with Gasteiger partial charge in [-0.2, -0.15) is 0 Å². The summed E-state index contributed by atoms with van der Waals surface area (Å²) in [5, 5.41) is 0.519. The van der Waals surface area contributed by atoms with E-state index >= 15 is 0 Å². The fourth-order valence-corrected chi connectivity index (χ4v) is 3.18. The molecule has 2 unspecified atom stereocenters. The molecule has 1 aromatic carbocycles. The van der Waals surface area contributed by atoms with E-state index in [4.69, 9.17) is 25.8 Å². The molecule has 2 aliphatic rings. The van der Waals surface area contributed by atoms with Gasteiger partial charge in [0.25, 0.3) is 0 Å². The molecule has 0 radical (unpaired) electrons. The van der Waals surface area contributed by atoms with Gasteiger partial charge in [-0.25, -0.2) is 4.79 Å². The van der Waals surface area contributed by atoms with Crippen molar-refractivity contribution >= 4 is 29.0 Å². The van der Waals surface area contributed by atoms with Crippen molar-refractivity contribution in [2.75, 3.05) is 13.4 Å². The Morgan fingerprint density at radius 1 is 1.50 bits per heavy atom. The number of aliphatic imine (C=N–C) groups is 1. The van der Waals surface area contributed by atoms with E-state index in [1.165, 1.54) is 0 Å². The second-order valence-corrected chi connectivity index (χ2v) is 5.72. The van der Waals surface area contributed by atoms with Crippen LogP contribution in [0.4, 0.5) is 5.69 Å². The Kier molecular flexibility index (Phi) is 4.21. The third-order valence-corrected chi connectivity index (χ3v) is 4.14. The molecular formula is C16H18ClNO4. The van der Waals surface area contributed by atoms with Gasteiger partial charge in [-0.1, -0.05) is 24.9 Å². The summed E-state index contributed by atoms with van der Waals surface area (Å²) in [5.41, 5.74) is 0.800. The standard InChI is InChI=1S/C16H18ClNO4/c1-3-5-13-14-16(22-9-21-14,15(19)20-4-2)11-8-10(17)6-7-12(11)18-13/h6-8,14H,3-5,9H2,1-2H3. The fraction of sp³-hybridized carbons (Fsp3) is 0.500. The molecule has 118 valence electrons. The van der Waals surface area contributed by atoms with Gasteiger partial charge in [-0.05, 0) is 31.5 Å². The Labute approximate surface area is 134 Å². The van der Waals surface area contributed by atoms with Crippen LogP contribution >= 0.6 is 11.6 Å². The summed E-state index contributed by atoms with van der Waals surface area (Å²) in [6.45, 7) is 4.12. The molecule has 2 heterocycles. The molecule has 3 rings (SSSR count). The van der Waals surface area contributed by atoms with Crippen LogP contribution < -0.4 is 0 Å². The topological polar surface area (TPSA) is 57.1 Å². The van der Waals surface area contributed by atoms with Gasteiger partial charge in [0.1, 0.15) is 12.9 Å². The lowest BCUT2D eigenvalue weighted by molar-refractivity contribution is -0.168. The minimum absolute atomic E-state index is 0.0260. The van der Waals surface area contributed by atoms with E-state index < -0.39 is 17.7 Å². The summed E-state index contributed by atoms with van der Waals surface area (Å²) in [6, 6.07) is 5.26. The highest BCUT2D eigenvalue weighted by Crippen LogP contribution is 2.47. The van der Waals surface area contributed by atoms with Crippen molar-refractivity contribution in [2.45, 2.75) is 38.4 Å². The van der Waals surface area contributed by atoms with Gasteiger partial charge in [-0.3, -0.25) is 4.99 Å². The Hall–Kier alpha value is -1.43. The molecule has 1 fully saturated rings. The van der Waals surface area contributed by atoms with Crippen LogP contribution in [0, 0.1) is 0 Å². The van der Waals surface area contributed by atoms with Crippen LogP contribution in [0.2, 0.25) is 5.02 Å². The second-order valence-electron chi connectivity index (χ2n) is 5.28. The number of hydrogen-bond acceptors (Lipinski definition) is 5. The molecule has 2 aliphatic heterocycles. The van der Waals surface area contributed by atoms with Gasteiger partial charge in [0, 0.05) is 10.6 Å². The van der Waals surface area contributed by atoms with Crippen LogP contribution in [0.15, 0.2) is 23.2 Å². The summed E-state index contributed by atoms with van der Waals surface area (Å²) < 4.78 is 16.7. The van der Waals surface area contributed by atoms with Gasteiger partial charge in [0.05, 0.1) is 18.0 Å². The third-order valence-electron chi connectivity index (χ3n) is 3.90. The molecule has 0 spiro atoms. The lowest BCUT2D eigenvalue weighted by Gasteiger charge is -2.35. The minimum atomic E-state index is -1.30. The highest BCUT2D eigenvalue weighted by molar-refractivity contribution is 6.30.